The number of hydrogen-bond acceptors (Lipinski definition) is 27. The second kappa shape index (κ2) is 26.8. The van der Waals surface area contributed by atoms with Gasteiger partial charge in [0.1, 0.15) is 79.1 Å². The van der Waals surface area contributed by atoms with Gasteiger partial charge in [0.2, 0.25) is 24.9 Å². The summed E-state index contributed by atoms with van der Waals surface area (Å²) in [6, 6.07) is 14.8. The summed E-state index contributed by atoms with van der Waals surface area (Å²) in [5, 5.41) is 127. The van der Waals surface area contributed by atoms with E-state index < -0.39 is 165 Å². The highest BCUT2D eigenvalue weighted by atomic mass is 16.8. The van der Waals surface area contributed by atoms with Crippen molar-refractivity contribution in [2.45, 2.75) is 92.4 Å². The van der Waals surface area contributed by atoms with Gasteiger partial charge in [-0.2, -0.15) is 0 Å². The van der Waals surface area contributed by atoms with E-state index in [1.54, 1.807) is 0 Å². The molecule has 1 aliphatic carbocycles. The van der Waals surface area contributed by atoms with E-state index in [1.165, 1.54) is 87.0 Å². The molecule has 4 aliphatic heterocycles. The monoisotopic (exact) mass is 1180 g/mol. The Bertz CT molecular complexity index is 3220. The van der Waals surface area contributed by atoms with Crippen LogP contribution in [0, 0.1) is 0 Å². The van der Waals surface area contributed by atoms with Crippen LogP contribution in [0.3, 0.4) is 0 Å². The fourth-order valence-electron chi connectivity index (χ4n) is 8.73. The molecule has 0 saturated carbocycles. The summed E-state index contributed by atoms with van der Waals surface area (Å²) < 4.78 is 68.7. The van der Waals surface area contributed by atoms with E-state index in [-0.39, 0.29) is 51.2 Å². The first kappa shape index (κ1) is 61.5. The van der Waals surface area contributed by atoms with Crippen LogP contribution in [0.25, 0.3) is 34.8 Å². The first-order valence-electron chi connectivity index (χ1n) is 25.2. The fourth-order valence-corrected chi connectivity index (χ4v) is 8.73. The lowest BCUT2D eigenvalue weighted by molar-refractivity contribution is -0.345. The molecule has 5 aliphatic rings. The molecule has 3 fully saturated rings. The number of carbonyl (C=O) groups is 3. The lowest BCUT2D eigenvalue weighted by atomic mass is 9.98. The van der Waals surface area contributed by atoms with E-state index in [2.05, 4.69) is 0 Å². The minimum Gasteiger partial charge on any atom is -0.508 e. The van der Waals surface area contributed by atoms with Crippen LogP contribution in [0.1, 0.15) is 17.5 Å². The third-order valence-electron chi connectivity index (χ3n) is 13.1. The number of aliphatic hydroxyl groups is 7. The molecule has 0 unspecified atom stereocenters. The van der Waals surface area contributed by atoms with Crippen LogP contribution < -0.4 is 24.4 Å². The van der Waals surface area contributed by atoms with Gasteiger partial charge in [-0.15, -0.1) is 0 Å². The molecule has 3 aromatic carbocycles. The second-order valence-electron chi connectivity index (χ2n) is 18.9. The molecule has 3 aromatic rings. The molecule has 0 spiro atoms. The predicted molar refractivity (Wildman–Crippen MR) is 279 cm³/mol. The lowest BCUT2D eigenvalue weighted by Gasteiger charge is -2.44. The molecule has 8 rings (SSSR count). The summed E-state index contributed by atoms with van der Waals surface area (Å²) in [4.78, 5) is 60.6. The smallest absolute Gasteiger partial charge is 0.508 e. The Kier molecular flexibility index (Phi) is 19.6. The molecule has 29 heteroatoms. The van der Waals surface area contributed by atoms with Gasteiger partial charge in [-0.1, -0.05) is 6.07 Å². The zero-order valence-corrected chi connectivity index (χ0v) is 44.0. The molecule has 84 heavy (non-hydrogen) atoms. The number of fused-ring (bicyclic) bond motifs is 1. The van der Waals surface area contributed by atoms with Crippen LogP contribution in [0.5, 0.6) is 46.0 Å². The van der Waals surface area contributed by atoms with Crippen LogP contribution in [0.2, 0.25) is 0 Å². The number of ether oxygens (including phenoxy) is 11. The Morgan fingerprint density at radius 2 is 1.29 bits per heavy atom. The third-order valence-corrected chi connectivity index (χ3v) is 13.1. The average Bonchev–Trinajstić information content (AvgIpc) is 2.26. The molecule has 0 bridgehead atoms. The number of aliphatic hydroxyl groups excluding tert-OH is 7. The SMILES string of the molecule is COc1cc(C=CC(=O)O[C@H]2[C@H](O[C@H]3[C@H](Oc4cc5c(O[C@@H]6O[C@H](COC(=O)CC(=O)O)[C@@H](O)[C@H](O)[C@H]6O)cc(=O)cc-5oc4-c4ccc(O)cc4)O[C@H](COC(=[OH+])C=Cc4ccc(O)c(O)c4)[C@@H](O)[C@@H]3O)OC[C@@H](O)[C@@H]2O)cc(OC)c1O. The van der Waals surface area contributed by atoms with Crippen molar-refractivity contribution < 1.29 is 137 Å². The predicted octanol–water partition coefficient (Wildman–Crippen LogP) is -0.398. The van der Waals surface area contributed by atoms with Crippen LogP contribution in [0.4, 0.5) is 0 Å². The molecule has 450 valence electrons. The van der Waals surface area contributed by atoms with Gasteiger partial charge in [0, 0.05) is 23.8 Å². The summed E-state index contributed by atoms with van der Waals surface area (Å²) >= 11 is 0. The molecule has 14 atom stereocenters. The lowest BCUT2D eigenvalue weighted by Crippen LogP contribution is -2.64. The number of methoxy groups -OCH3 is 2. The maximum atomic E-state index is 13.5. The molecule has 0 amide bonds. The molecular weight excluding hydrogens is 1120 g/mol. The van der Waals surface area contributed by atoms with Crippen molar-refractivity contribution in [1.29, 1.82) is 0 Å². The summed E-state index contributed by atoms with van der Waals surface area (Å²) in [7, 11) is 2.56. The normalized spacial score (nSPS) is 27.0. The number of phenols is 4. The molecule has 0 radical (unpaired) electrons. The van der Waals surface area contributed by atoms with Crippen LogP contribution in [0.15, 0.2) is 94.2 Å². The summed E-state index contributed by atoms with van der Waals surface area (Å²) in [6.45, 7) is -2.26. The number of aliphatic carboxylic acids is 1. The Balaban J connectivity index is 1.15. The van der Waals surface area contributed by atoms with E-state index >= 15 is 0 Å². The van der Waals surface area contributed by atoms with Crippen LogP contribution in [-0.4, -0.2) is 210 Å². The molecule has 0 aromatic heterocycles. The van der Waals surface area contributed by atoms with E-state index in [4.69, 9.17) is 61.6 Å². The number of hydrogen-bond donors (Lipinski definition) is 12. The van der Waals surface area contributed by atoms with E-state index in [9.17, 15) is 80.1 Å². The van der Waals surface area contributed by atoms with Crippen molar-refractivity contribution in [1.82, 2.24) is 0 Å². The average molecular weight is 1180 g/mol. The quantitative estimate of drug-likeness (QED) is 0.0118. The highest BCUT2D eigenvalue weighted by Crippen LogP contribution is 2.44. The zero-order chi connectivity index (χ0) is 60.7. The molecule has 4 heterocycles. The van der Waals surface area contributed by atoms with Gasteiger partial charge >= 0.3 is 23.9 Å². The maximum absolute atomic E-state index is 13.5. The summed E-state index contributed by atoms with van der Waals surface area (Å²) in [5.74, 6) is -7.53. The maximum Gasteiger partial charge on any atom is 0.510 e. The number of aromatic hydroxyl groups is 4. The van der Waals surface area contributed by atoms with Crippen molar-refractivity contribution in [3.05, 3.63) is 106 Å². The molecular formula is C55H57O29+. The third kappa shape index (κ3) is 14.4. The fraction of sp³-hybridized carbons (Fsp3) is 0.364. The molecule has 29 nitrogen and oxygen atoms in total. The Hall–Kier alpha value is -8.59. The van der Waals surface area contributed by atoms with Crippen molar-refractivity contribution in [3.63, 3.8) is 0 Å². The highest BCUT2D eigenvalue weighted by molar-refractivity contribution is 5.90. The molecule has 3 saturated heterocycles. The van der Waals surface area contributed by atoms with E-state index in [0.717, 1.165) is 24.3 Å². The minimum absolute atomic E-state index is 0.0155. The highest BCUT2D eigenvalue weighted by Gasteiger charge is 2.53. The molecule has 13 N–H and O–H groups in total. The second-order valence-corrected chi connectivity index (χ2v) is 18.9. The topological polar surface area (TPSA) is 447 Å². The van der Waals surface area contributed by atoms with Crippen LogP contribution >= 0.6 is 0 Å². The largest absolute Gasteiger partial charge is 0.510 e. The number of carboxylic acid groups (broad SMARTS) is 1. The van der Waals surface area contributed by atoms with Crippen molar-refractivity contribution >= 4 is 36.0 Å². The van der Waals surface area contributed by atoms with Gasteiger partial charge in [0.15, 0.2) is 64.5 Å². The number of esters is 3. The zero-order valence-electron chi connectivity index (χ0n) is 44.0. The van der Waals surface area contributed by atoms with Gasteiger partial charge in [-0.3, -0.25) is 14.4 Å². The standard InChI is InChI=1S/C55H56O29/c1-73-34-14-24(15-35(74-2)44(34)67)5-12-41(64)83-51-43(66)31(60)20-77-54(51)84-52-48(71)46(69)38(21-75-40(63)11-4-23-3-10-29(58)30(59)13-23)82-55(52)80-36-18-28-32(78-50(36)25-6-8-26(56)9-7-25)16-27(57)17-33(28)79-53-49(72)47(70)45(68)37(81-53)22-76-42(65)19-39(61)62/h3-18,31,37-38,43,45-49,51-56,58-60,66-72H,19-22H2,1-2H3,(H,61,62)/p+1/t31-,37-,38-,43+,45-,46-,47+,48+,49-,51-,52-,53-,54+,55-/m1/s1. The van der Waals surface area contributed by atoms with Crippen LogP contribution in [-0.2, 0) is 47.5 Å². The Morgan fingerprint density at radius 1 is 0.643 bits per heavy atom. The summed E-state index contributed by atoms with van der Waals surface area (Å²) in [5.41, 5.74) is -0.255. The van der Waals surface area contributed by atoms with E-state index in [1.807, 2.05) is 0 Å². The minimum atomic E-state index is -2.14. The Morgan fingerprint density at radius 3 is 1.95 bits per heavy atom. The van der Waals surface area contributed by atoms with Crippen molar-refractivity contribution in [2.24, 2.45) is 0 Å². The van der Waals surface area contributed by atoms with E-state index in [0.29, 0.717) is 5.56 Å². The van der Waals surface area contributed by atoms with Crippen molar-refractivity contribution in [3.8, 4) is 68.6 Å². The van der Waals surface area contributed by atoms with Gasteiger partial charge in [0.05, 0.1) is 32.5 Å². The number of benzene rings is 4. The first-order valence-corrected chi connectivity index (χ1v) is 25.2. The number of phenolic OH excluding ortho intramolecular Hbond substituents is 4. The number of carbonyl (C=O) groups excluding carboxylic acids is 3. The van der Waals surface area contributed by atoms with Gasteiger partial charge in [0.25, 0.3) is 0 Å². The number of rotatable bonds is 20. The van der Waals surface area contributed by atoms with Gasteiger partial charge < -0.3 is 123 Å². The summed E-state index contributed by atoms with van der Waals surface area (Å²) in [6.07, 6.45) is -23.6. The van der Waals surface area contributed by atoms with Crippen molar-refractivity contribution in [2.75, 3.05) is 34.0 Å². The van der Waals surface area contributed by atoms with Gasteiger partial charge in [-0.25, -0.2) is 4.79 Å². The first-order chi connectivity index (χ1) is 40.0. The Labute approximate surface area is 473 Å². The number of carboxylic acids is 1. The van der Waals surface area contributed by atoms with Gasteiger partial charge in [-0.05, 0) is 77.9 Å².